The van der Waals surface area contributed by atoms with Gasteiger partial charge in [-0.2, -0.15) is 0 Å². The molecule has 1 N–H and O–H groups in total. The molecule has 0 aliphatic heterocycles. The smallest absolute Gasteiger partial charge is 0.337 e. The number of fused-ring (bicyclic) bond motifs is 1. The highest BCUT2D eigenvalue weighted by Crippen LogP contribution is 2.34. The van der Waals surface area contributed by atoms with Crippen molar-refractivity contribution in [1.29, 1.82) is 0 Å². The van der Waals surface area contributed by atoms with Crippen molar-refractivity contribution in [3.8, 4) is 0 Å². The van der Waals surface area contributed by atoms with Gasteiger partial charge in [-0.15, -0.1) is 0 Å². The van der Waals surface area contributed by atoms with E-state index in [9.17, 15) is 14.7 Å². The monoisotopic (exact) mass is 353 g/mol. The summed E-state index contributed by atoms with van der Waals surface area (Å²) in [6.07, 6.45) is 0. The molecule has 1 amide bonds. The fraction of sp³-hybridized carbons (Fsp3) is 0.333. The van der Waals surface area contributed by atoms with Crippen molar-refractivity contribution in [2.24, 2.45) is 0 Å². The highest BCUT2D eigenvalue weighted by molar-refractivity contribution is 9.10. The maximum absolute atomic E-state index is 11.8. The third-order valence-electron chi connectivity index (χ3n) is 3.61. The third kappa shape index (κ3) is 2.55. The molecular weight excluding hydrogens is 338 g/mol. The fourth-order valence-electron chi connectivity index (χ4n) is 2.46. The molecule has 1 atom stereocenters. The summed E-state index contributed by atoms with van der Waals surface area (Å²) < 4.78 is 6.56. The van der Waals surface area contributed by atoms with Gasteiger partial charge < -0.3 is 14.4 Å². The summed E-state index contributed by atoms with van der Waals surface area (Å²) in [5.41, 5.74) is -0.952. The average molecular weight is 354 g/mol. The second-order valence-electron chi connectivity index (χ2n) is 4.93. The normalized spacial score (nSPS) is 13.9. The molecular formula is C15H16BrNO4. The van der Waals surface area contributed by atoms with E-state index in [1.807, 2.05) is 12.1 Å². The van der Waals surface area contributed by atoms with E-state index in [2.05, 4.69) is 15.9 Å². The summed E-state index contributed by atoms with van der Waals surface area (Å²) in [5, 5.41) is 10.4. The molecule has 0 fully saturated rings. The number of aliphatic carboxylic acids is 1. The van der Waals surface area contributed by atoms with Crippen LogP contribution in [0.3, 0.4) is 0 Å². The molecule has 0 saturated carbocycles. The number of carboxylic acid groups (broad SMARTS) is 1. The van der Waals surface area contributed by atoms with Crippen LogP contribution in [0.1, 0.15) is 26.5 Å². The highest BCUT2D eigenvalue weighted by Gasteiger charge is 2.45. The van der Waals surface area contributed by atoms with E-state index >= 15 is 0 Å². The van der Waals surface area contributed by atoms with E-state index in [4.69, 9.17) is 4.42 Å². The summed E-state index contributed by atoms with van der Waals surface area (Å²) in [7, 11) is 0. The first kappa shape index (κ1) is 15.6. The molecule has 0 bridgehead atoms. The van der Waals surface area contributed by atoms with Crippen LogP contribution < -0.4 is 0 Å². The standard InChI is InChI=1S/C15H16BrNO4/c1-4-17(9(2)18)15(3,14(19)20)13-8-10-7-11(16)5-6-12(10)21-13/h5-8H,4H2,1-3H3,(H,19,20). The van der Waals surface area contributed by atoms with Crippen LogP contribution in [0.25, 0.3) is 11.0 Å². The van der Waals surface area contributed by atoms with Crippen molar-refractivity contribution in [3.63, 3.8) is 0 Å². The first-order valence-corrected chi connectivity index (χ1v) is 7.31. The van der Waals surface area contributed by atoms with Gasteiger partial charge >= 0.3 is 5.97 Å². The van der Waals surface area contributed by atoms with Crippen molar-refractivity contribution in [2.75, 3.05) is 6.54 Å². The second kappa shape index (κ2) is 5.52. The minimum atomic E-state index is -1.54. The second-order valence-corrected chi connectivity index (χ2v) is 5.85. The van der Waals surface area contributed by atoms with Crippen LogP contribution in [0.2, 0.25) is 0 Å². The van der Waals surface area contributed by atoms with E-state index in [-0.39, 0.29) is 18.2 Å². The van der Waals surface area contributed by atoms with Crippen LogP contribution in [0.4, 0.5) is 0 Å². The van der Waals surface area contributed by atoms with E-state index in [1.165, 1.54) is 18.7 Å². The lowest BCUT2D eigenvalue weighted by Crippen LogP contribution is -2.51. The molecule has 1 aromatic heterocycles. The molecule has 0 aliphatic rings. The number of carboxylic acids is 1. The number of halogens is 1. The number of carbonyl (C=O) groups is 2. The lowest BCUT2D eigenvalue weighted by atomic mass is 9.96. The van der Waals surface area contributed by atoms with Gasteiger partial charge in [-0.1, -0.05) is 15.9 Å². The van der Waals surface area contributed by atoms with Crippen molar-refractivity contribution in [3.05, 3.63) is 34.5 Å². The summed E-state index contributed by atoms with van der Waals surface area (Å²) in [6, 6.07) is 7.08. The van der Waals surface area contributed by atoms with Gasteiger partial charge in [0.1, 0.15) is 11.3 Å². The maximum atomic E-state index is 11.8. The Hall–Kier alpha value is -1.82. The van der Waals surface area contributed by atoms with Gasteiger partial charge in [0.05, 0.1) is 0 Å². The first-order chi connectivity index (χ1) is 9.80. The van der Waals surface area contributed by atoms with Crippen molar-refractivity contribution in [1.82, 2.24) is 4.90 Å². The van der Waals surface area contributed by atoms with Crippen LogP contribution in [-0.2, 0) is 15.1 Å². The van der Waals surface area contributed by atoms with Gasteiger partial charge in [0.15, 0.2) is 5.54 Å². The molecule has 2 rings (SSSR count). The van der Waals surface area contributed by atoms with Gasteiger partial charge in [0.2, 0.25) is 5.91 Å². The predicted molar refractivity (Wildman–Crippen MR) is 82.0 cm³/mol. The number of carbonyl (C=O) groups excluding carboxylic acids is 1. The maximum Gasteiger partial charge on any atom is 0.337 e. The zero-order valence-electron chi connectivity index (χ0n) is 12.0. The van der Waals surface area contributed by atoms with Gasteiger partial charge in [-0.25, -0.2) is 4.79 Å². The lowest BCUT2D eigenvalue weighted by Gasteiger charge is -2.34. The minimum Gasteiger partial charge on any atom is -0.479 e. The van der Waals surface area contributed by atoms with Gasteiger partial charge in [0.25, 0.3) is 0 Å². The largest absolute Gasteiger partial charge is 0.479 e. The van der Waals surface area contributed by atoms with Crippen molar-refractivity contribution in [2.45, 2.75) is 26.3 Å². The van der Waals surface area contributed by atoms with Crippen molar-refractivity contribution >= 4 is 38.8 Å². The summed E-state index contributed by atoms with van der Waals surface area (Å²) in [5.74, 6) is -1.21. The van der Waals surface area contributed by atoms with E-state index < -0.39 is 11.5 Å². The van der Waals surface area contributed by atoms with Gasteiger partial charge in [-0.3, -0.25) is 4.79 Å². The highest BCUT2D eigenvalue weighted by atomic mass is 79.9. The van der Waals surface area contributed by atoms with Crippen LogP contribution >= 0.6 is 15.9 Å². The fourth-order valence-corrected chi connectivity index (χ4v) is 2.84. The summed E-state index contributed by atoms with van der Waals surface area (Å²) in [4.78, 5) is 24.9. The molecule has 0 aliphatic carbocycles. The molecule has 5 nitrogen and oxygen atoms in total. The Morgan fingerprint density at radius 3 is 2.57 bits per heavy atom. The van der Waals surface area contributed by atoms with E-state index in [1.54, 1.807) is 19.1 Å². The number of benzene rings is 1. The molecule has 1 heterocycles. The Morgan fingerprint density at radius 1 is 1.38 bits per heavy atom. The van der Waals surface area contributed by atoms with Crippen molar-refractivity contribution < 1.29 is 19.1 Å². The van der Waals surface area contributed by atoms with E-state index in [0.29, 0.717) is 5.58 Å². The number of likely N-dealkylation sites (N-methyl/N-ethyl adjacent to an activating group) is 1. The number of hydrogen-bond acceptors (Lipinski definition) is 3. The van der Waals surface area contributed by atoms with Gasteiger partial charge in [-0.05, 0) is 38.1 Å². The number of hydrogen-bond donors (Lipinski definition) is 1. The Morgan fingerprint density at radius 2 is 2.05 bits per heavy atom. The van der Waals surface area contributed by atoms with Crippen LogP contribution in [0.5, 0.6) is 0 Å². The molecule has 21 heavy (non-hydrogen) atoms. The third-order valence-corrected chi connectivity index (χ3v) is 4.10. The van der Waals surface area contributed by atoms with Gasteiger partial charge in [0, 0.05) is 23.3 Å². The first-order valence-electron chi connectivity index (χ1n) is 6.52. The molecule has 2 aromatic rings. The topological polar surface area (TPSA) is 70.8 Å². The van der Waals surface area contributed by atoms with Crippen LogP contribution in [0.15, 0.2) is 33.2 Å². The SMILES string of the molecule is CCN(C(C)=O)C(C)(C(=O)O)c1cc2cc(Br)ccc2o1. The number of furan rings is 1. The zero-order chi connectivity index (χ0) is 15.8. The molecule has 6 heteroatoms. The van der Waals surface area contributed by atoms with Crippen LogP contribution in [-0.4, -0.2) is 28.4 Å². The minimum absolute atomic E-state index is 0.236. The van der Waals surface area contributed by atoms with Crippen LogP contribution in [0, 0.1) is 0 Å². The Kier molecular flexibility index (Phi) is 4.09. The molecule has 1 aromatic carbocycles. The lowest BCUT2D eigenvalue weighted by molar-refractivity contribution is -0.159. The molecule has 1 unspecified atom stereocenters. The van der Waals surface area contributed by atoms with E-state index in [0.717, 1.165) is 9.86 Å². The quantitative estimate of drug-likeness (QED) is 0.914. The number of nitrogens with zero attached hydrogens (tertiary/aromatic N) is 1. The predicted octanol–water partition coefficient (Wildman–Crippen LogP) is 3.36. The Balaban J connectivity index is 2.64. The summed E-state index contributed by atoms with van der Waals surface area (Å²) >= 11 is 3.36. The Bertz CT molecular complexity index is 709. The molecule has 112 valence electrons. The number of amides is 1. The molecule has 0 radical (unpaired) electrons. The molecule has 0 spiro atoms. The summed E-state index contributed by atoms with van der Waals surface area (Å²) in [6.45, 7) is 4.84. The molecule has 0 saturated heterocycles. The zero-order valence-corrected chi connectivity index (χ0v) is 13.6. The average Bonchev–Trinajstić information content (AvgIpc) is 2.81. The number of rotatable bonds is 4. The Labute approximate surface area is 130 Å².